The molecule has 6 heteroatoms. The van der Waals surface area contributed by atoms with Crippen LogP contribution < -0.4 is 4.74 Å². The van der Waals surface area contributed by atoms with Crippen molar-refractivity contribution in [1.29, 1.82) is 0 Å². The highest BCUT2D eigenvalue weighted by atomic mass is 32.1. The minimum atomic E-state index is 0.260. The lowest BCUT2D eigenvalue weighted by Gasteiger charge is -2.34. The molecular weight excluding hydrogens is 358 g/mol. The third-order valence-corrected chi connectivity index (χ3v) is 6.29. The number of rotatable bonds is 7. The highest BCUT2D eigenvalue weighted by Gasteiger charge is 2.27. The maximum Gasteiger partial charge on any atom is 0.222 e. The quantitative estimate of drug-likeness (QED) is 0.734. The highest BCUT2D eigenvalue weighted by molar-refractivity contribution is 7.09. The first-order valence-corrected chi connectivity index (χ1v) is 10.7. The maximum absolute atomic E-state index is 12.5. The van der Waals surface area contributed by atoms with Gasteiger partial charge in [-0.05, 0) is 37.0 Å². The molecule has 4 rings (SSSR count). The Labute approximate surface area is 165 Å². The molecule has 5 nitrogen and oxygen atoms in total. The number of thiazole rings is 1. The monoisotopic (exact) mass is 385 g/mol. The SMILES string of the molecule is COc1ccc(CCC(=O)N2CCN(Cc3nc(C4CC4)cs3)CC2)cc1. The van der Waals surface area contributed by atoms with E-state index in [2.05, 4.69) is 10.3 Å². The molecule has 1 aromatic heterocycles. The summed E-state index contributed by atoms with van der Waals surface area (Å²) in [5.74, 6) is 1.84. The lowest BCUT2D eigenvalue weighted by Crippen LogP contribution is -2.48. The molecule has 1 saturated carbocycles. The summed E-state index contributed by atoms with van der Waals surface area (Å²) < 4.78 is 5.17. The van der Waals surface area contributed by atoms with Crippen molar-refractivity contribution in [3.8, 4) is 5.75 Å². The van der Waals surface area contributed by atoms with E-state index in [1.165, 1.54) is 29.1 Å². The molecule has 0 radical (unpaired) electrons. The van der Waals surface area contributed by atoms with Crippen molar-refractivity contribution >= 4 is 17.2 Å². The Morgan fingerprint density at radius 2 is 1.93 bits per heavy atom. The number of aromatic nitrogens is 1. The van der Waals surface area contributed by atoms with Gasteiger partial charge in [-0.2, -0.15) is 0 Å². The van der Waals surface area contributed by atoms with Crippen LogP contribution in [0.5, 0.6) is 5.75 Å². The van der Waals surface area contributed by atoms with E-state index < -0.39 is 0 Å². The number of benzene rings is 1. The maximum atomic E-state index is 12.5. The topological polar surface area (TPSA) is 45.7 Å². The Morgan fingerprint density at radius 1 is 1.19 bits per heavy atom. The van der Waals surface area contributed by atoms with E-state index in [4.69, 9.17) is 9.72 Å². The van der Waals surface area contributed by atoms with Crippen LogP contribution in [-0.2, 0) is 17.8 Å². The van der Waals surface area contributed by atoms with Crippen molar-refractivity contribution in [2.45, 2.75) is 38.1 Å². The summed E-state index contributed by atoms with van der Waals surface area (Å²) in [6.07, 6.45) is 3.97. The fourth-order valence-electron chi connectivity index (χ4n) is 3.51. The van der Waals surface area contributed by atoms with Gasteiger partial charge in [-0.15, -0.1) is 11.3 Å². The molecule has 0 bridgehead atoms. The van der Waals surface area contributed by atoms with E-state index >= 15 is 0 Å². The average Bonchev–Trinajstić information content (AvgIpc) is 3.46. The zero-order valence-corrected chi connectivity index (χ0v) is 16.7. The molecule has 1 aromatic carbocycles. The van der Waals surface area contributed by atoms with Crippen LogP contribution in [-0.4, -0.2) is 54.0 Å². The predicted molar refractivity (Wildman–Crippen MR) is 107 cm³/mol. The molecule has 2 heterocycles. The normalized spacial score (nSPS) is 17.9. The highest BCUT2D eigenvalue weighted by Crippen LogP contribution is 2.40. The molecule has 0 spiro atoms. The summed E-state index contributed by atoms with van der Waals surface area (Å²) in [5.41, 5.74) is 2.47. The second-order valence-electron chi connectivity index (χ2n) is 7.45. The van der Waals surface area contributed by atoms with Gasteiger partial charge in [0.2, 0.25) is 5.91 Å². The molecule has 144 valence electrons. The first-order valence-electron chi connectivity index (χ1n) is 9.78. The predicted octanol–water partition coefficient (Wildman–Crippen LogP) is 3.31. The van der Waals surface area contributed by atoms with Crippen molar-refractivity contribution in [2.24, 2.45) is 0 Å². The molecule has 0 N–H and O–H groups in total. The molecular formula is C21H27N3O2S. The number of ether oxygens (including phenoxy) is 1. The Kier molecular flexibility index (Phi) is 5.74. The largest absolute Gasteiger partial charge is 0.497 e. The van der Waals surface area contributed by atoms with Crippen LogP contribution in [0, 0.1) is 0 Å². The summed E-state index contributed by atoms with van der Waals surface area (Å²) >= 11 is 1.78. The summed E-state index contributed by atoms with van der Waals surface area (Å²) in [6.45, 7) is 4.44. The lowest BCUT2D eigenvalue weighted by molar-refractivity contribution is -0.133. The Hall–Kier alpha value is -1.92. The number of amides is 1. The van der Waals surface area contributed by atoms with E-state index in [0.717, 1.165) is 50.8 Å². The van der Waals surface area contributed by atoms with E-state index in [-0.39, 0.29) is 5.91 Å². The number of carbonyl (C=O) groups is 1. The molecule has 1 saturated heterocycles. The zero-order valence-electron chi connectivity index (χ0n) is 15.9. The van der Waals surface area contributed by atoms with Gasteiger partial charge in [0.1, 0.15) is 10.8 Å². The van der Waals surface area contributed by atoms with Gasteiger partial charge in [0.25, 0.3) is 0 Å². The third-order valence-electron chi connectivity index (χ3n) is 5.44. The molecule has 2 fully saturated rings. The number of piperazine rings is 1. The molecule has 2 aromatic rings. The van der Waals surface area contributed by atoms with Crippen molar-refractivity contribution < 1.29 is 9.53 Å². The van der Waals surface area contributed by atoms with Gasteiger partial charge < -0.3 is 9.64 Å². The van der Waals surface area contributed by atoms with E-state index in [1.54, 1.807) is 18.4 Å². The van der Waals surface area contributed by atoms with Crippen LogP contribution >= 0.6 is 11.3 Å². The summed E-state index contributed by atoms with van der Waals surface area (Å²) in [7, 11) is 1.67. The first-order chi connectivity index (χ1) is 13.2. The van der Waals surface area contributed by atoms with Gasteiger partial charge in [-0.1, -0.05) is 12.1 Å². The Morgan fingerprint density at radius 3 is 2.59 bits per heavy atom. The minimum Gasteiger partial charge on any atom is -0.497 e. The van der Waals surface area contributed by atoms with Crippen LogP contribution in [0.2, 0.25) is 0 Å². The second kappa shape index (κ2) is 8.40. The molecule has 2 aliphatic rings. The van der Waals surface area contributed by atoms with Gasteiger partial charge in [-0.3, -0.25) is 9.69 Å². The molecule has 1 aliphatic heterocycles. The van der Waals surface area contributed by atoms with Crippen LogP contribution in [0.25, 0.3) is 0 Å². The Bertz CT molecular complexity index is 762. The molecule has 1 aliphatic carbocycles. The fraction of sp³-hybridized carbons (Fsp3) is 0.524. The van der Waals surface area contributed by atoms with Gasteiger partial charge in [0, 0.05) is 43.9 Å². The average molecular weight is 386 g/mol. The van der Waals surface area contributed by atoms with Gasteiger partial charge in [0.05, 0.1) is 19.3 Å². The van der Waals surface area contributed by atoms with Crippen molar-refractivity contribution in [3.63, 3.8) is 0 Å². The van der Waals surface area contributed by atoms with Gasteiger partial charge >= 0.3 is 0 Å². The Balaban J connectivity index is 1.20. The van der Waals surface area contributed by atoms with E-state index in [1.807, 2.05) is 29.2 Å². The number of nitrogens with zero attached hydrogens (tertiary/aromatic N) is 3. The third kappa shape index (κ3) is 4.87. The van der Waals surface area contributed by atoms with Crippen molar-refractivity contribution in [1.82, 2.24) is 14.8 Å². The zero-order chi connectivity index (χ0) is 18.6. The van der Waals surface area contributed by atoms with Gasteiger partial charge in [-0.25, -0.2) is 4.98 Å². The number of aryl methyl sites for hydroxylation is 1. The second-order valence-corrected chi connectivity index (χ2v) is 8.39. The lowest BCUT2D eigenvalue weighted by atomic mass is 10.1. The summed E-state index contributed by atoms with van der Waals surface area (Å²) in [4.78, 5) is 21.7. The van der Waals surface area contributed by atoms with Crippen LogP contribution in [0.15, 0.2) is 29.6 Å². The van der Waals surface area contributed by atoms with E-state index in [0.29, 0.717) is 6.42 Å². The fourth-order valence-corrected chi connectivity index (χ4v) is 4.43. The van der Waals surface area contributed by atoms with Crippen molar-refractivity contribution in [2.75, 3.05) is 33.3 Å². The minimum absolute atomic E-state index is 0.260. The number of hydrogen-bond donors (Lipinski definition) is 0. The van der Waals surface area contributed by atoms with E-state index in [9.17, 15) is 4.79 Å². The molecule has 0 unspecified atom stereocenters. The van der Waals surface area contributed by atoms with Crippen LogP contribution in [0.4, 0.5) is 0 Å². The smallest absolute Gasteiger partial charge is 0.222 e. The summed E-state index contributed by atoms with van der Waals surface area (Å²) in [5, 5.41) is 3.45. The van der Waals surface area contributed by atoms with Crippen molar-refractivity contribution in [3.05, 3.63) is 45.9 Å². The molecule has 1 amide bonds. The molecule has 0 atom stereocenters. The molecule has 27 heavy (non-hydrogen) atoms. The number of carbonyl (C=O) groups excluding carboxylic acids is 1. The van der Waals surface area contributed by atoms with Gasteiger partial charge in [0.15, 0.2) is 0 Å². The summed E-state index contributed by atoms with van der Waals surface area (Å²) in [6, 6.07) is 7.97. The van der Waals surface area contributed by atoms with Crippen LogP contribution in [0.3, 0.4) is 0 Å². The van der Waals surface area contributed by atoms with Crippen LogP contribution in [0.1, 0.15) is 41.4 Å². The number of hydrogen-bond acceptors (Lipinski definition) is 5. The first kappa shape index (κ1) is 18.4. The number of methoxy groups -OCH3 is 1. The standard InChI is InChI=1S/C21H27N3O2S/c1-26-18-7-2-16(3-8-18)4-9-21(25)24-12-10-23(11-13-24)14-20-22-19(15-27-20)17-5-6-17/h2-3,7-8,15,17H,4-6,9-14H2,1H3.